The quantitative estimate of drug-likeness (QED) is 0.775. The van der Waals surface area contributed by atoms with E-state index in [9.17, 15) is 4.79 Å². The van der Waals surface area contributed by atoms with E-state index in [2.05, 4.69) is 87.1 Å². The zero-order valence-corrected chi connectivity index (χ0v) is 21.1. The number of piperazine rings is 2. The smallest absolute Gasteiger partial charge is 0.244 e. The molecule has 0 radical (unpaired) electrons. The van der Waals surface area contributed by atoms with E-state index in [-0.39, 0.29) is 22.9 Å². The second-order valence-electron chi connectivity index (χ2n) is 11.3. The highest BCUT2D eigenvalue weighted by Crippen LogP contribution is 2.29. The fourth-order valence-electron chi connectivity index (χ4n) is 4.85. The molecule has 4 rings (SSSR count). The molecule has 0 spiro atoms. The minimum Gasteiger partial charge on any atom is -0.354 e. The van der Waals surface area contributed by atoms with Gasteiger partial charge in [0.2, 0.25) is 5.91 Å². The average molecular weight is 450 g/mol. The summed E-state index contributed by atoms with van der Waals surface area (Å²) in [6.45, 7) is 15.6. The number of carbonyl (C=O) groups excluding carboxylic acids is 1. The molecule has 2 aromatic rings. The molecule has 1 unspecified atom stereocenters. The Morgan fingerprint density at radius 3 is 2.36 bits per heavy atom. The molecule has 1 atom stereocenters. The minimum absolute atomic E-state index is 0.0910. The predicted molar refractivity (Wildman–Crippen MR) is 136 cm³/mol. The monoisotopic (exact) mass is 449 g/mol. The van der Waals surface area contributed by atoms with Gasteiger partial charge < -0.3 is 14.7 Å². The standard InChI is InChI=1S/C27H39N5O/c1-26(2,3)21-9-11-22(12-10-21)32-19-27(4,5)29-23(25(32)33)18-20-8-7-13-28-24(20)31-16-14-30(6)15-17-31/h7-13,23,29H,14-19H2,1-6H3. The van der Waals surface area contributed by atoms with Gasteiger partial charge in [0, 0.05) is 56.6 Å². The second-order valence-corrected chi connectivity index (χ2v) is 11.3. The van der Waals surface area contributed by atoms with Crippen molar-refractivity contribution in [1.82, 2.24) is 15.2 Å². The number of aromatic nitrogens is 1. The van der Waals surface area contributed by atoms with E-state index < -0.39 is 0 Å². The second kappa shape index (κ2) is 9.07. The molecule has 1 N–H and O–H groups in total. The molecule has 2 aliphatic heterocycles. The Labute approximate surface area is 199 Å². The van der Waals surface area contributed by atoms with Crippen molar-refractivity contribution < 1.29 is 4.79 Å². The van der Waals surface area contributed by atoms with Crippen LogP contribution in [0.2, 0.25) is 0 Å². The normalized spacial score (nSPS) is 22.0. The first kappa shape index (κ1) is 23.7. The van der Waals surface area contributed by atoms with Gasteiger partial charge >= 0.3 is 0 Å². The number of benzene rings is 1. The number of likely N-dealkylation sites (N-methyl/N-ethyl adjacent to an activating group) is 1. The summed E-state index contributed by atoms with van der Waals surface area (Å²) in [4.78, 5) is 25.0. The molecule has 1 amide bonds. The van der Waals surface area contributed by atoms with Crippen LogP contribution in [0.5, 0.6) is 0 Å². The van der Waals surface area contributed by atoms with E-state index in [0.717, 1.165) is 43.2 Å². The molecule has 1 aromatic carbocycles. The van der Waals surface area contributed by atoms with Crippen LogP contribution in [0.1, 0.15) is 45.7 Å². The number of hydrogen-bond donors (Lipinski definition) is 1. The maximum absolute atomic E-state index is 13.7. The van der Waals surface area contributed by atoms with Crippen LogP contribution < -0.4 is 15.1 Å². The van der Waals surface area contributed by atoms with E-state index in [4.69, 9.17) is 4.98 Å². The van der Waals surface area contributed by atoms with Crippen molar-refractivity contribution in [3.8, 4) is 0 Å². The molecule has 2 saturated heterocycles. The van der Waals surface area contributed by atoms with Crippen molar-refractivity contribution >= 4 is 17.4 Å². The Morgan fingerprint density at radius 1 is 1.06 bits per heavy atom. The van der Waals surface area contributed by atoms with Crippen LogP contribution in [0.15, 0.2) is 42.6 Å². The van der Waals surface area contributed by atoms with Crippen molar-refractivity contribution in [2.75, 3.05) is 49.6 Å². The SMILES string of the molecule is CN1CCN(c2ncccc2CC2NC(C)(C)CN(c3ccc(C(C)(C)C)cc3)C2=O)CC1. The van der Waals surface area contributed by atoms with Crippen molar-refractivity contribution in [2.24, 2.45) is 0 Å². The molecule has 0 bridgehead atoms. The Bertz CT molecular complexity index is 971. The number of nitrogens with one attached hydrogen (secondary N) is 1. The summed E-state index contributed by atoms with van der Waals surface area (Å²) in [5, 5.41) is 3.62. The van der Waals surface area contributed by atoms with Gasteiger partial charge in [-0.05, 0) is 55.6 Å². The van der Waals surface area contributed by atoms with Gasteiger partial charge in [-0.25, -0.2) is 4.98 Å². The van der Waals surface area contributed by atoms with Crippen LogP contribution >= 0.6 is 0 Å². The third kappa shape index (κ3) is 5.39. The summed E-state index contributed by atoms with van der Waals surface area (Å²) in [6.07, 6.45) is 2.49. The Morgan fingerprint density at radius 2 is 1.73 bits per heavy atom. The van der Waals surface area contributed by atoms with Crippen LogP contribution in [-0.4, -0.2) is 67.1 Å². The molecule has 0 aliphatic carbocycles. The molecule has 2 fully saturated rings. The van der Waals surface area contributed by atoms with Gasteiger partial charge in [-0.15, -0.1) is 0 Å². The number of amides is 1. The van der Waals surface area contributed by atoms with Crippen molar-refractivity contribution in [2.45, 2.75) is 58.0 Å². The fraction of sp³-hybridized carbons (Fsp3) is 0.556. The summed E-state index contributed by atoms with van der Waals surface area (Å²) < 4.78 is 0. The van der Waals surface area contributed by atoms with E-state index in [1.807, 2.05) is 17.2 Å². The van der Waals surface area contributed by atoms with Gasteiger partial charge in [-0.2, -0.15) is 0 Å². The Balaban J connectivity index is 1.57. The van der Waals surface area contributed by atoms with Crippen LogP contribution in [-0.2, 0) is 16.6 Å². The fourth-order valence-corrected chi connectivity index (χ4v) is 4.85. The molecular formula is C27H39N5O. The molecular weight excluding hydrogens is 410 g/mol. The third-order valence-electron chi connectivity index (χ3n) is 6.82. The summed E-state index contributed by atoms with van der Waals surface area (Å²) >= 11 is 0. The highest BCUT2D eigenvalue weighted by Gasteiger charge is 2.39. The average Bonchev–Trinajstić information content (AvgIpc) is 2.76. The summed E-state index contributed by atoms with van der Waals surface area (Å²) in [7, 11) is 2.16. The first-order valence-electron chi connectivity index (χ1n) is 12.1. The van der Waals surface area contributed by atoms with E-state index in [0.29, 0.717) is 13.0 Å². The van der Waals surface area contributed by atoms with Gasteiger partial charge in [-0.1, -0.05) is 39.0 Å². The highest BCUT2D eigenvalue weighted by molar-refractivity contribution is 5.98. The van der Waals surface area contributed by atoms with Crippen molar-refractivity contribution in [3.63, 3.8) is 0 Å². The lowest BCUT2D eigenvalue weighted by Crippen LogP contribution is -2.65. The maximum Gasteiger partial charge on any atom is 0.244 e. The van der Waals surface area contributed by atoms with Crippen LogP contribution in [0.25, 0.3) is 0 Å². The molecule has 2 aliphatic rings. The molecule has 3 heterocycles. The topological polar surface area (TPSA) is 51.7 Å². The Hall–Kier alpha value is -2.44. The zero-order chi connectivity index (χ0) is 23.8. The van der Waals surface area contributed by atoms with Gasteiger partial charge in [-0.3, -0.25) is 10.1 Å². The molecule has 6 nitrogen and oxygen atoms in total. The van der Waals surface area contributed by atoms with Gasteiger partial charge in [0.25, 0.3) is 0 Å². The van der Waals surface area contributed by atoms with Crippen LogP contribution in [0, 0.1) is 0 Å². The maximum atomic E-state index is 13.7. The zero-order valence-electron chi connectivity index (χ0n) is 21.1. The number of pyridine rings is 1. The minimum atomic E-state index is -0.286. The molecule has 33 heavy (non-hydrogen) atoms. The van der Waals surface area contributed by atoms with Crippen molar-refractivity contribution in [3.05, 3.63) is 53.7 Å². The van der Waals surface area contributed by atoms with E-state index in [1.165, 1.54) is 5.56 Å². The van der Waals surface area contributed by atoms with Crippen molar-refractivity contribution in [1.29, 1.82) is 0 Å². The number of carbonyl (C=O) groups is 1. The van der Waals surface area contributed by atoms with E-state index >= 15 is 0 Å². The lowest BCUT2D eigenvalue weighted by molar-refractivity contribution is -0.122. The molecule has 178 valence electrons. The highest BCUT2D eigenvalue weighted by atomic mass is 16.2. The van der Waals surface area contributed by atoms with Gasteiger partial charge in [0.15, 0.2) is 0 Å². The number of hydrogen-bond acceptors (Lipinski definition) is 5. The molecule has 6 heteroatoms. The van der Waals surface area contributed by atoms with E-state index in [1.54, 1.807) is 0 Å². The van der Waals surface area contributed by atoms with Gasteiger partial charge in [0.05, 0.1) is 6.04 Å². The molecule has 0 saturated carbocycles. The predicted octanol–water partition coefficient (Wildman–Crippen LogP) is 3.46. The largest absolute Gasteiger partial charge is 0.354 e. The first-order valence-corrected chi connectivity index (χ1v) is 12.1. The molecule has 1 aromatic heterocycles. The first-order chi connectivity index (χ1) is 15.5. The summed E-state index contributed by atoms with van der Waals surface area (Å²) in [5.74, 6) is 1.15. The van der Waals surface area contributed by atoms with Gasteiger partial charge in [0.1, 0.15) is 5.82 Å². The number of anilines is 2. The summed E-state index contributed by atoms with van der Waals surface area (Å²) in [5.41, 5.74) is 3.29. The van der Waals surface area contributed by atoms with Crippen LogP contribution in [0.3, 0.4) is 0 Å². The lowest BCUT2D eigenvalue weighted by atomic mass is 9.87. The Kier molecular flexibility index (Phi) is 6.52. The summed E-state index contributed by atoms with van der Waals surface area (Å²) in [6, 6.07) is 12.3. The third-order valence-corrected chi connectivity index (χ3v) is 6.82. The number of rotatable bonds is 4. The van der Waals surface area contributed by atoms with Crippen LogP contribution in [0.4, 0.5) is 11.5 Å². The number of nitrogens with zero attached hydrogens (tertiary/aromatic N) is 4. The lowest BCUT2D eigenvalue weighted by Gasteiger charge is -2.43.